The van der Waals surface area contributed by atoms with Crippen LogP contribution in [-0.4, -0.2) is 20.9 Å². The van der Waals surface area contributed by atoms with Gasteiger partial charge in [0.25, 0.3) is 0 Å². The smallest absolute Gasteiger partial charge is 0.338 e. The van der Waals surface area contributed by atoms with Crippen LogP contribution < -0.4 is 0 Å². The molecule has 0 fully saturated rings. The lowest BCUT2D eigenvalue weighted by Crippen LogP contribution is -1.95. The molecule has 0 amide bonds. The number of hydrogen-bond acceptors (Lipinski definition) is 2. The molecule has 0 saturated heterocycles. The molecule has 1 heterocycles. The van der Waals surface area contributed by atoms with Gasteiger partial charge in [-0.05, 0) is 6.92 Å². The lowest BCUT2D eigenvalue weighted by atomic mass is 10.4. The Kier molecular flexibility index (Phi) is 4.76. The summed E-state index contributed by atoms with van der Waals surface area (Å²) in [5.41, 5.74) is 0.238. The largest absolute Gasteiger partial charge is 0.478 e. The first-order chi connectivity index (χ1) is 5.74. The third-order valence-electron chi connectivity index (χ3n) is 1.20. The molecule has 0 radical (unpaired) electrons. The highest BCUT2D eigenvalue weighted by molar-refractivity contribution is 5.86. The minimum Gasteiger partial charge on any atom is -0.478 e. The summed E-state index contributed by atoms with van der Waals surface area (Å²) in [6.45, 7) is 6.60. The molecule has 0 bridgehead atoms. The van der Waals surface area contributed by atoms with Crippen molar-refractivity contribution in [1.82, 2.24) is 9.78 Å². The maximum atomic E-state index is 10.3. The molecule has 0 aliphatic heterocycles. The van der Waals surface area contributed by atoms with E-state index in [0.717, 1.165) is 0 Å². The third-order valence-corrected chi connectivity index (χ3v) is 1.20. The zero-order valence-electron chi connectivity index (χ0n) is 7.61. The highest BCUT2D eigenvalue weighted by atomic mass is 16.4. The molecular weight excluding hydrogens is 156 g/mol. The van der Waals surface area contributed by atoms with Gasteiger partial charge in [-0.2, -0.15) is 5.10 Å². The standard InChI is InChI=1S/C6H8N2O2.C2H6/c1-2-8-4-5(3-7-8)6(9)10;1-2/h3-4H,2H2,1H3,(H,9,10);1-2H3. The van der Waals surface area contributed by atoms with Gasteiger partial charge in [0.15, 0.2) is 0 Å². The lowest BCUT2D eigenvalue weighted by molar-refractivity contribution is 0.0697. The summed E-state index contributed by atoms with van der Waals surface area (Å²) in [6, 6.07) is 0. The number of rotatable bonds is 2. The lowest BCUT2D eigenvalue weighted by Gasteiger charge is -1.88. The minimum absolute atomic E-state index is 0.238. The number of hydrogen-bond donors (Lipinski definition) is 1. The Hall–Kier alpha value is -1.32. The Bertz CT molecular complexity index is 243. The molecule has 0 aliphatic carbocycles. The fourth-order valence-electron chi connectivity index (χ4n) is 0.647. The maximum Gasteiger partial charge on any atom is 0.338 e. The minimum atomic E-state index is -0.931. The van der Waals surface area contributed by atoms with Crippen LogP contribution in [0, 0.1) is 0 Å². The van der Waals surface area contributed by atoms with Crippen molar-refractivity contribution in [2.45, 2.75) is 27.3 Å². The maximum absolute atomic E-state index is 10.3. The second kappa shape index (κ2) is 5.35. The van der Waals surface area contributed by atoms with Crippen molar-refractivity contribution in [3.05, 3.63) is 18.0 Å². The van der Waals surface area contributed by atoms with Gasteiger partial charge >= 0.3 is 5.97 Å². The molecule has 12 heavy (non-hydrogen) atoms. The van der Waals surface area contributed by atoms with Crippen molar-refractivity contribution in [3.63, 3.8) is 0 Å². The van der Waals surface area contributed by atoms with Crippen molar-refractivity contribution in [3.8, 4) is 0 Å². The molecule has 0 spiro atoms. The van der Waals surface area contributed by atoms with Gasteiger partial charge in [-0.3, -0.25) is 4.68 Å². The summed E-state index contributed by atoms with van der Waals surface area (Å²) in [5.74, 6) is -0.931. The number of carbonyl (C=O) groups is 1. The molecule has 0 saturated carbocycles. The first-order valence-electron chi connectivity index (χ1n) is 3.99. The van der Waals surface area contributed by atoms with Crippen LogP contribution in [0.1, 0.15) is 31.1 Å². The van der Waals surface area contributed by atoms with E-state index in [0.29, 0.717) is 6.54 Å². The van der Waals surface area contributed by atoms with Crippen molar-refractivity contribution < 1.29 is 9.90 Å². The monoisotopic (exact) mass is 170 g/mol. The van der Waals surface area contributed by atoms with Gasteiger partial charge in [0.1, 0.15) is 0 Å². The fraction of sp³-hybridized carbons (Fsp3) is 0.500. The summed E-state index contributed by atoms with van der Waals surface area (Å²) >= 11 is 0. The van der Waals surface area contributed by atoms with Crippen LogP contribution in [0.2, 0.25) is 0 Å². The molecular formula is C8H14N2O2. The summed E-state index contributed by atoms with van der Waals surface area (Å²) in [6.07, 6.45) is 2.84. The third kappa shape index (κ3) is 2.74. The van der Waals surface area contributed by atoms with E-state index in [1.54, 1.807) is 4.68 Å². The quantitative estimate of drug-likeness (QED) is 0.733. The Morgan fingerprint density at radius 2 is 2.25 bits per heavy atom. The molecule has 0 aliphatic rings. The predicted molar refractivity (Wildman–Crippen MR) is 46.2 cm³/mol. The van der Waals surface area contributed by atoms with Crippen LogP contribution in [-0.2, 0) is 6.54 Å². The van der Waals surface area contributed by atoms with Crippen LogP contribution in [0.5, 0.6) is 0 Å². The van der Waals surface area contributed by atoms with Gasteiger partial charge in [-0.1, -0.05) is 13.8 Å². The van der Waals surface area contributed by atoms with Crippen LogP contribution in [0.3, 0.4) is 0 Å². The first kappa shape index (κ1) is 10.7. The second-order valence-corrected chi connectivity index (χ2v) is 1.89. The van der Waals surface area contributed by atoms with Gasteiger partial charge in [-0.15, -0.1) is 0 Å². The van der Waals surface area contributed by atoms with Crippen molar-refractivity contribution in [1.29, 1.82) is 0 Å². The van der Waals surface area contributed by atoms with Crippen molar-refractivity contribution >= 4 is 5.97 Å². The van der Waals surface area contributed by atoms with E-state index in [2.05, 4.69) is 5.10 Å². The average Bonchev–Trinajstić information content (AvgIpc) is 2.55. The zero-order chi connectivity index (χ0) is 9.56. The number of nitrogens with zero attached hydrogens (tertiary/aromatic N) is 2. The van der Waals surface area contributed by atoms with E-state index in [4.69, 9.17) is 5.11 Å². The molecule has 0 aromatic carbocycles. The molecule has 4 nitrogen and oxygen atoms in total. The van der Waals surface area contributed by atoms with Gasteiger partial charge in [0.05, 0.1) is 11.8 Å². The Balaban J connectivity index is 0.000000561. The number of aryl methyl sites for hydroxylation is 1. The molecule has 68 valence electrons. The van der Waals surface area contributed by atoms with Crippen LogP contribution in [0.4, 0.5) is 0 Å². The first-order valence-corrected chi connectivity index (χ1v) is 3.99. The Morgan fingerprint density at radius 3 is 2.50 bits per heavy atom. The van der Waals surface area contributed by atoms with Crippen molar-refractivity contribution in [2.24, 2.45) is 0 Å². The Morgan fingerprint density at radius 1 is 1.67 bits per heavy atom. The van der Waals surface area contributed by atoms with E-state index in [1.165, 1.54) is 12.4 Å². The summed E-state index contributed by atoms with van der Waals surface area (Å²) in [5, 5.41) is 12.2. The fourth-order valence-corrected chi connectivity index (χ4v) is 0.647. The predicted octanol–water partition coefficient (Wildman–Crippen LogP) is 1.63. The highest BCUT2D eigenvalue weighted by Crippen LogP contribution is 1.95. The summed E-state index contributed by atoms with van der Waals surface area (Å²) in [7, 11) is 0. The zero-order valence-corrected chi connectivity index (χ0v) is 7.61. The average molecular weight is 170 g/mol. The van der Waals surface area contributed by atoms with E-state index >= 15 is 0 Å². The van der Waals surface area contributed by atoms with Crippen LogP contribution in [0.15, 0.2) is 12.4 Å². The number of carboxylic acid groups (broad SMARTS) is 1. The van der Waals surface area contributed by atoms with E-state index in [-0.39, 0.29) is 5.56 Å². The normalized spacial score (nSPS) is 8.58. The van der Waals surface area contributed by atoms with Crippen LogP contribution >= 0.6 is 0 Å². The number of aromatic nitrogens is 2. The molecule has 1 N–H and O–H groups in total. The van der Waals surface area contributed by atoms with E-state index < -0.39 is 5.97 Å². The SMILES string of the molecule is CC.CCn1cc(C(=O)O)cn1. The van der Waals surface area contributed by atoms with Gasteiger partial charge in [-0.25, -0.2) is 4.79 Å². The molecule has 1 aromatic heterocycles. The van der Waals surface area contributed by atoms with Crippen LogP contribution in [0.25, 0.3) is 0 Å². The van der Waals surface area contributed by atoms with E-state index in [1.807, 2.05) is 20.8 Å². The van der Waals surface area contributed by atoms with Gasteiger partial charge in [0, 0.05) is 12.7 Å². The molecule has 1 rings (SSSR count). The topological polar surface area (TPSA) is 55.1 Å². The Labute approximate surface area is 71.8 Å². The van der Waals surface area contributed by atoms with Gasteiger partial charge in [0.2, 0.25) is 0 Å². The summed E-state index contributed by atoms with van der Waals surface area (Å²) in [4.78, 5) is 10.3. The molecule has 4 heteroatoms. The van der Waals surface area contributed by atoms with E-state index in [9.17, 15) is 4.79 Å². The number of carboxylic acids is 1. The highest BCUT2D eigenvalue weighted by Gasteiger charge is 2.03. The molecule has 0 atom stereocenters. The summed E-state index contributed by atoms with van der Waals surface area (Å²) < 4.78 is 1.57. The molecule has 1 aromatic rings. The molecule has 0 unspecified atom stereocenters. The second-order valence-electron chi connectivity index (χ2n) is 1.89. The van der Waals surface area contributed by atoms with Crippen molar-refractivity contribution in [2.75, 3.05) is 0 Å². The number of aromatic carboxylic acids is 1. The van der Waals surface area contributed by atoms with Gasteiger partial charge < -0.3 is 5.11 Å².